The van der Waals surface area contributed by atoms with E-state index in [2.05, 4.69) is 18.5 Å². The molecule has 0 aromatic rings. The molecule has 58 valence electrons. The van der Waals surface area contributed by atoms with Gasteiger partial charge in [0, 0.05) is 0 Å². The second kappa shape index (κ2) is 2.43. The van der Waals surface area contributed by atoms with Crippen molar-refractivity contribution in [2.45, 2.75) is 42.9 Å². The van der Waals surface area contributed by atoms with Crippen molar-refractivity contribution in [3.63, 3.8) is 0 Å². The van der Waals surface area contributed by atoms with Gasteiger partial charge >= 0.3 is 0 Å². The molecule has 0 aliphatic heterocycles. The predicted molar refractivity (Wildman–Crippen MR) is 52.5 cm³/mol. The summed E-state index contributed by atoms with van der Waals surface area (Å²) in [6.07, 6.45) is 7.36. The normalized spacial score (nSPS) is 53.4. The molecule has 2 saturated carbocycles. The maximum absolute atomic E-state index is 3.10. The molecule has 2 fully saturated rings. The molecule has 2 rings (SSSR count). The van der Waals surface area contributed by atoms with E-state index in [4.69, 9.17) is 0 Å². The van der Waals surface area contributed by atoms with Gasteiger partial charge in [0.2, 0.25) is 0 Å². The van der Waals surface area contributed by atoms with Crippen LogP contribution in [-0.2, 0) is 0 Å². The lowest BCUT2D eigenvalue weighted by molar-refractivity contribution is 0.394. The Kier molecular flexibility index (Phi) is 1.82. The van der Waals surface area contributed by atoms with Crippen LogP contribution < -0.4 is 0 Å². The molecule has 2 heteroatoms. The van der Waals surface area contributed by atoms with Gasteiger partial charge in [-0.05, 0) is 48.8 Å². The van der Waals surface area contributed by atoms with Gasteiger partial charge in [-0.25, -0.2) is 0 Å². The van der Waals surface area contributed by atoms with Crippen LogP contribution in [0.2, 0.25) is 0 Å². The lowest BCUT2D eigenvalue weighted by Gasteiger charge is -2.35. The average Bonchev–Trinajstić information content (AvgIpc) is 2.22. The largest absolute Gasteiger partial charge is 0.134 e. The molecule has 0 nitrogen and oxygen atoms in total. The van der Waals surface area contributed by atoms with E-state index in [-0.39, 0.29) is 0 Å². The lowest BCUT2D eigenvalue weighted by atomic mass is 9.88. The van der Waals surface area contributed by atoms with Crippen LogP contribution in [0.5, 0.6) is 0 Å². The highest BCUT2D eigenvalue weighted by atomic mass is 31.0. The van der Waals surface area contributed by atoms with Gasteiger partial charge in [-0.1, -0.05) is 0 Å². The minimum absolute atomic E-state index is 0.633. The molecule has 0 heterocycles. The van der Waals surface area contributed by atoms with Gasteiger partial charge in [0.25, 0.3) is 0 Å². The number of hydrogen-bond acceptors (Lipinski definition) is 0. The first-order valence-corrected chi connectivity index (χ1v) is 5.49. The third kappa shape index (κ3) is 1.05. The smallest absolute Gasteiger partial charge is 0.00849 e. The topological polar surface area (TPSA) is 0 Å². The van der Waals surface area contributed by atoms with Crippen molar-refractivity contribution in [1.29, 1.82) is 0 Å². The predicted octanol–water partition coefficient (Wildman–Crippen LogP) is 2.44. The maximum atomic E-state index is 3.10. The summed E-state index contributed by atoms with van der Waals surface area (Å²) in [4.78, 5) is 0. The van der Waals surface area contributed by atoms with Crippen LogP contribution in [-0.4, -0.2) is 10.8 Å². The van der Waals surface area contributed by atoms with Crippen LogP contribution in [0.4, 0.5) is 0 Å². The second-order valence-corrected chi connectivity index (χ2v) is 5.98. The molecular weight excluding hydrogens is 158 g/mol. The lowest BCUT2D eigenvalue weighted by Crippen LogP contribution is -2.32. The zero-order valence-electron chi connectivity index (χ0n) is 6.34. The Morgan fingerprint density at radius 2 is 2.00 bits per heavy atom. The summed E-state index contributed by atoms with van der Waals surface area (Å²) in [5.41, 5.74) is 0.885. The van der Waals surface area contributed by atoms with E-state index in [1.807, 2.05) is 0 Å². The molecule has 0 amide bonds. The molecule has 0 saturated heterocycles. The number of rotatable bonds is 0. The molecule has 5 atom stereocenters. The Morgan fingerprint density at radius 3 is 2.70 bits per heavy atom. The zero-order valence-corrected chi connectivity index (χ0v) is 8.65. The van der Waals surface area contributed by atoms with Gasteiger partial charge in [-0.3, -0.25) is 0 Å². The quantitative estimate of drug-likeness (QED) is 0.495. The molecule has 0 radical (unpaired) electrons. The van der Waals surface area contributed by atoms with Crippen LogP contribution in [0.1, 0.15) is 32.1 Å². The van der Waals surface area contributed by atoms with Gasteiger partial charge in [-0.15, -0.1) is 18.5 Å². The third-order valence-electron chi connectivity index (χ3n) is 3.31. The standard InChI is InChI=1S/C8H16P2/c9-7-2-1-6-3-4-8(7,10)5-6/h6-7H,1-5,9-10H2. The Balaban J connectivity index is 2.17. The van der Waals surface area contributed by atoms with Crippen LogP contribution >= 0.6 is 18.5 Å². The van der Waals surface area contributed by atoms with Gasteiger partial charge in [0.15, 0.2) is 0 Å². The summed E-state index contributed by atoms with van der Waals surface area (Å²) >= 11 is 0. The van der Waals surface area contributed by atoms with Crippen molar-refractivity contribution < 1.29 is 0 Å². The molecule has 2 bridgehead atoms. The van der Waals surface area contributed by atoms with Crippen molar-refractivity contribution in [3.05, 3.63) is 0 Å². The van der Waals surface area contributed by atoms with E-state index in [1.54, 1.807) is 0 Å². The summed E-state index contributed by atoms with van der Waals surface area (Å²) in [5, 5.41) is 0.633. The van der Waals surface area contributed by atoms with Crippen molar-refractivity contribution >= 4 is 18.5 Å². The highest BCUT2D eigenvalue weighted by Gasteiger charge is 2.43. The van der Waals surface area contributed by atoms with E-state index >= 15 is 0 Å². The SMILES string of the molecule is PC1CCC2CCC1(P)C2. The van der Waals surface area contributed by atoms with Crippen LogP contribution in [0, 0.1) is 5.92 Å². The molecule has 2 aliphatic carbocycles. The van der Waals surface area contributed by atoms with Gasteiger partial charge < -0.3 is 0 Å². The van der Waals surface area contributed by atoms with Crippen molar-refractivity contribution in [1.82, 2.24) is 0 Å². The second-order valence-electron chi connectivity index (χ2n) is 4.03. The summed E-state index contributed by atoms with van der Waals surface area (Å²) < 4.78 is 0. The van der Waals surface area contributed by atoms with E-state index in [9.17, 15) is 0 Å². The first kappa shape index (κ1) is 7.51. The van der Waals surface area contributed by atoms with Gasteiger partial charge in [0.05, 0.1) is 0 Å². The van der Waals surface area contributed by atoms with Crippen LogP contribution in [0.3, 0.4) is 0 Å². The summed E-state index contributed by atoms with van der Waals surface area (Å²) in [6.45, 7) is 0. The first-order valence-electron chi connectivity index (χ1n) is 4.25. The van der Waals surface area contributed by atoms with E-state index in [0.29, 0.717) is 5.16 Å². The Hall–Kier alpha value is 0.860. The van der Waals surface area contributed by atoms with E-state index in [1.165, 1.54) is 32.1 Å². The summed E-state index contributed by atoms with van der Waals surface area (Å²) in [6, 6.07) is 0. The van der Waals surface area contributed by atoms with Crippen molar-refractivity contribution in [2.24, 2.45) is 5.92 Å². The van der Waals surface area contributed by atoms with Crippen LogP contribution in [0.25, 0.3) is 0 Å². The molecule has 5 unspecified atom stereocenters. The number of fused-ring (bicyclic) bond motifs is 2. The highest BCUT2D eigenvalue weighted by Crippen LogP contribution is 2.53. The molecule has 0 N–H and O–H groups in total. The Labute approximate surface area is 67.9 Å². The first-order chi connectivity index (χ1) is 4.71. The molecule has 0 aromatic heterocycles. The van der Waals surface area contributed by atoms with E-state index in [0.717, 1.165) is 11.6 Å². The van der Waals surface area contributed by atoms with Crippen molar-refractivity contribution in [2.75, 3.05) is 0 Å². The fraction of sp³-hybridized carbons (Fsp3) is 1.00. The molecule has 0 aromatic carbocycles. The Bertz CT molecular complexity index is 144. The van der Waals surface area contributed by atoms with Gasteiger partial charge in [0.1, 0.15) is 0 Å². The molecule has 0 spiro atoms. The fourth-order valence-corrected chi connectivity index (χ4v) is 3.66. The van der Waals surface area contributed by atoms with Gasteiger partial charge in [-0.2, -0.15) is 0 Å². The minimum atomic E-state index is 0.633. The Morgan fingerprint density at radius 1 is 1.20 bits per heavy atom. The zero-order chi connectivity index (χ0) is 7.19. The monoisotopic (exact) mass is 174 g/mol. The summed E-state index contributed by atoms with van der Waals surface area (Å²) in [5.74, 6) is 1.08. The minimum Gasteiger partial charge on any atom is -0.134 e. The summed E-state index contributed by atoms with van der Waals surface area (Å²) in [7, 11) is 6.13. The number of hydrogen-bond donors (Lipinski definition) is 0. The maximum Gasteiger partial charge on any atom is -0.00849 e. The third-order valence-corrected chi connectivity index (χ3v) is 5.65. The molecule has 10 heavy (non-hydrogen) atoms. The average molecular weight is 174 g/mol. The molecular formula is C8H16P2. The van der Waals surface area contributed by atoms with Crippen molar-refractivity contribution in [3.8, 4) is 0 Å². The fourth-order valence-electron chi connectivity index (χ4n) is 2.50. The van der Waals surface area contributed by atoms with Crippen LogP contribution in [0.15, 0.2) is 0 Å². The highest BCUT2D eigenvalue weighted by molar-refractivity contribution is 7.24. The van der Waals surface area contributed by atoms with E-state index < -0.39 is 0 Å². The molecule has 2 aliphatic rings.